The van der Waals surface area contributed by atoms with Crippen LogP contribution in [-0.2, 0) is 14.3 Å². The maximum absolute atomic E-state index is 12.3. The van der Waals surface area contributed by atoms with Gasteiger partial charge in [-0.15, -0.1) is 0 Å². The molecule has 9 unspecified atom stereocenters. The first kappa shape index (κ1) is 18.0. The van der Waals surface area contributed by atoms with E-state index in [1.807, 2.05) is 6.92 Å². The fraction of sp³-hybridized carbons (Fsp3) is 0.913. The smallest absolute Gasteiger partial charge is 0.309 e. The number of hydrogen-bond acceptors (Lipinski definition) is 3. The van der Waals surface area contributed by atoms with Gasteiger partial charge in [-0.1, -0.05) is 27.2 Å². The number of carboxylic acid groups (broad SMARTS) is 1. The number of hydrogen-bond donors (Lipinski definition) is 1. The van der Waals surface area contributed by atoms with Gasteiger partial charge in [0.05, 0.1) is 5.41 Å². The summed E-state index contributed by atoms with van der Waals surface area (Å²) < 4.78 is 6.01. The summed E-state index contributed by atoms with van der Waals surface area (Å²) in [6.45, 7) is 10.8. The maximum atomic E-state index is 12.3. The van der Waals surface area contributed by atoms with E-state index in [2.05, 4.69) is 20.8 Å². The molecule has 0 heterocycles. The molecule has 0 saturated heterocycles. The van der Waals surface area contributed by atoms with Crippen molar-refractivity contribution in [3.63, 3.8) is 0 Å². The van der Waals surface area contributed by atoms with Crippen molar-refractivity contribution in [3.05, 3.63) is 0 Å². The first-order valence-electron chi connectivity index (χ1n) is 10.8. The van der Waals surface area contributed by atoms with Crippen LogP contribution in [0.1, 0.15) is 79.6 Å². The van der Waals surface area contributed by atoms with Gasteiger partial charge in [0.2, 0.25) is 0 Å². The van der Waals surface area contributed by atoms with Crippen LogP contribution < -0.4 is 0 Å². The average Bonchev–Trinajstić information content (AvgIpc) is 2.87. The summed E-state index contributed by atoms with van der Waals surface area (Å²) in [6, 6.07) is 0. The monoisotopic (exact) mass is 374 g/mol. The zero-order valence-corrected chi connectivity index (χ0v) is 17.4. The van der Waals surface area contributed by atoms with Gasteiger partial charge in [-0.05, 0) is 79.4 Å². The van der Waals surface area contributed by atoms with E-state index in [1.54, 1.807) is 0 Å². The van der Waals surface area contributed by atoms with Crippen molar-refractivity contribution in [2.75, 3.05) is 0 Å². The highest BCUT2D eigenvalue weighted by Crippen LogP contribution is 2.91. The van der Waals surface area contributed by atoms with Gasteiger partial charge in [0, 0.05) is 12.3 Å². The molecule has 1 N–H and O–H groups in total. The summed E-state index contributed by atoms with van der Waals surface area (Å²) in [5.41, 5.74) is 0.212. The second-order valence-corrected chi connectivity index (χ2v) is 11.7. The van der Waals surface area contributed by atoms with Gasteiger partial charge in [-0.25, -0.2) is 0 Å². The summed E-state index contributed by atoms with van der Waals surface area (Å²) >= 11 is 0. The lowest BCUT2D eigenvalue weighted by Gasteiger charge is -2.67. The van der Waals surface area contributed by atoms with Crippen LogP contribution in [-0.4, -0.2) is 23.1 Å². The Bertz CT molecular complexity index is 747. The van der Waals surface area contributed by atoms with E-state index in [4.69, 9.17) is 4.74 Å². The number of carbonyl (C=O) groups is 2. The molecule has 4 bridgehead atoms. The van der Waals surface area contributed by atoms with Gasteiger partial charge >= 0.3 is 11.9 Å². The first-order valence-corrected chi connectivity index (χ1v) is 10.8. The Morgan fingerprint density at radius 2 is 1.67 bits per heavy atom. The van der Waals surface area contributed by atoms with Crippen molar-refractivity contribution in [1.29, 1.82) is 0 Å². The minimum absolute atomic E-state index is 0.0416. The number of esters is 1. The molecule has 6 aliphatic carbocycles. The Morgan fingerprint density at radius 1 is 0.963 bits per heavy atom. The Morgan fingerprint density at radius 3 is 2.22 bits per heavy atom. The summed E-state index contributed by atoms with van der Waals surface area (Å²) in [6.07, 6.45) is 7.01. The van der Waals surface area contributed by atoms with Crippen LogP contribution in [0, 0.1) is 44.8 Å². The van der Waals surface area contributed by atoms with Crippen molar-refractivity contribution < 1.29 is 19.4 Å². The molecular weight excluding hydrogens is 340 g/mol. The molecule has 6 aliphatic rings. The highest BCUT2D eigenvalue weighted by Gasteiger charge is 2.85. The van der Waals surface area contributed by atoms with Crippen LogP contribution in [0.4, 0.5) is 0 Å². The lowest BCUT2D eigenvalue weighted by Crippen LogP contribution is -2.65. The van der Waals surface area contributed by atoms with Crippen molar-refractivity contribution >= 4 is 11.9 Å². The van der Waals surface area contributed by atoms with Crippen LogP contribution in [0.25, 0.3) is 0 Å². The maximum Gasteiger partial charge on any atom is 0.309 e. The van der Waals surface area contributed by atoms with Crippen molar-refractivity contribution in [1.82, 2.24) is 0 Å². The third-order valence-corrected chi connectivity index (χ3v) is 11.0. The van der Waals surface area contributed by atoms with Crippen molar-refractivity contribution in [3.8, 4) is 0 Å². The average molecular weight is 375 g/mol. The summed E-state index contributed by atoms with van der Waals surface area (Å²) in [7, 11) is 0. The molecule has 0 radical (unpaired) electrons. The van der Waals surface area contributed by atoms with Gasteiger partial charge in [-0.2, -0.15) is 0 Å². The van der Waals surface area contributed by atoms with Crippen LogP contribution >= 0.6 is 0 Å². The van der Waals surface area contributed by atoms with Crippen molar-refractivity contribution in [2.24, 2.45) is 44.8 Å². The second-order valence-electron chi connectivity index (χ2n) is 11.7. The van der Waals surface area contributed by atoms with Crippen LogP contribution in [0.2, 0.25) is 0 Å². The zero-order valence-electron chi connectivity index (χ0n) is 17.4. The van der Waals surface area contributed by atoms with E-state index in [0.717, 1.165) is 38.0 Å². The molecule has 0 aromatic heterocycles. The third kappa shape index (κ3) is 1.78. The highest BCUT2D eigenvalue weighted by molar-refractivity contribution is 5.75. The largest absolute Gasteiger partial charge is 0.481 e. The summed E-state index contributed by atoms with van der Waals surface area (Å²) in [4.78, 5) is 24.3. The van der Waals surface area contributed by atoms with Gasteiger partial charge in [-0.3, -0.25) is 9.59 Å². The predicted octanol–water partition coefficient (Wildman–Crippen LogP) is 4.66. The molecule has 0 aliphatic heterocycles. The minimum atomic E-state index is -0.707. The lowest BCUT2D eigenvalue weighted by molar-refractivity contribution is -0.234. The minimum Gasteiger partial charge on any atom is -0.481 e. The fourth-order valence-electron chi connectivity index (χ4n) is 9.54. The molecule has 0 aromatic rings. The van der Waals surface area contributed by atoms with Gasteiger partial charge in [0.25, 0.3) is 0 Å². The van der Waals surface area contributed by atoms with Gasteiger partial charge < -0.3 is 9.84 Å². The molecule has 27 heavy (non-hydrogen) atoms. The number of ether oxygens (including phenoxy) is 1. The van der Waals surface area contributed by atoms with Crippen LogP contribution in [0.15, 0.2) is 0 Å². The Labute approximate surface area is 162 Å². The topological polar surface area (TPSA) is 63.6 Å². The van der Waals surface area contributed by atoms with E-state index in [9.17, 15) is 14.7 Å². The third-order valence-electron chi connectivity index (χ3n) is 11.0. The number of fused-ring (bicyclic) bond motifs is 1. The summed E-state index contributed by atoms with van der Waals surface area (Å²) in [5, 5.41) is 10.1. The Balaban J connectivity index is 1.63. The molecule has 1 spiro atoms. The molecule has 4 nitrogen and oxygen atoms in total. The van der Waals surface area contributed by atoms with Crippen LogP contribution in [0.3, 0.4) is 0 Å². The second kappa shape index (κ2) is 4.74. The molecule has 0 aromatic carbocycles. The van der Waals surface area contributed by atoms with Crippen LogP contribution in [0.5, 0.6) is 0 Å². The van der Waals surface area contributed by atoms with Crippen molar-refractivity contribution in [2.45, 2.75) is 85.7 Å². The highest BCUT2D eigenvalue weighted by atomic mass is 16.5. The predicted molar refractivity (Wildman–Crippen MR) is 101 cm³/mol. The molecule has 9 atom stereocenters. The molecular formula is C23H34O4. The SMILES string of the molecule is CC(=O)OC1CC2C(C)(C(=O)O)CCCC2(C)C2CC3(C)C4CC12CC43C. The molecule has 6 saturated carbocycles. The number of carbonyl (C=O) groups excluding carboxylic acids is 1. The Kier molecular flexibility index (Phi) is 3.16. The summed E-state index contributed by atoms with van der Waals surface area (Å²) in [5.74, 6) is 0.448. The molecule has 4 heteroatoms. The number of aliphatic carboxylic acids is 1. The molecule has 6 fully saturated rings. The molecule has 0 amide bonds. The van der Waals surface area contributed by atoms with E-state index < -0.39 is 11.4 Å². The Hall–Kier alpha value is -1.06. The quantitative estimate of drug-likeness (QED) is 0.714. The van der Waals surface area contributed by atoms with E-state index in [1.165, 1.54) is 19.8 Å². The first-order chi connectivity index (χ1) is 12.4. The standard InChI is InChI=1S/C23H34O4/c1-13(24)27-17-9-14-19(2,7-6-8-20(14,3)18(25)26)15-10-21(4)16-11-23(15,17)12-22(16,21)5/h14-17H,6-12H2,1-5H3,(H,25,26). The number of rotatable bonds is 2. The molecule has 150 valence electrons. The van der Waals surface area contributed by atoms with Gasteiger partial charge in [0.15, 0.2) is 0 Å². The van der Waals surface area contributed by atoms with E-state index in [-0.39, 0.29) is 28.8 Å². The number of carboxylic acids is 1. The molecule has 6 rings (SSSR count). The van der Waals surface area contributed by atoms with E-state index >= 15 is 0 Å². The fourth-order valence-corrected chi connectivity index (χ4v) is 9.54. The lowest BCUT2D eigenvalue weighted by atomic mass is 9.37. The zero-order chi connectivity index (χ0) is 19.6. The van der Waals surface area contributed by atoms with Gasteiger partial charge in [0.1, 0.15) is 6.10 Å². The normalized spacial score (nSPS) is 60.2. The van der Waals surface area contributed by atoms with E-state index in [0.29, 0.717) is 16.7 Å².